The summed E-state index contributed by atoms with van der Waals surface area (Å²) in [4.78, 5) is 16.3. The largest absolute Gasteiger partial charge is 0.319 e. The fraction of sp³-hybridized carbons (Fsp3) is 0.250. The summed E-state index contributed by atoms with van der Waals surface area (Å²) >= 11 is 11.9. The Morgan fingerprint density at radius 2 is 1.95 bits per heavy atom. The quantitative estimate of drug-likeness (QED) is 0.831. The van der Waals surface area contributed by atoms with Crippen molar-refractivity contribution >= 4 is 34.8 Å². The van der Waals surface area contributed by atoms with Crippen LogP contribution in [0.1, 0.15) is 33.5 Å². The number of benzene rings is 1. The molecule has 1 aromatic carbocycles. The lowest BCUT2D eigenvalue weighted by Crippen LogP contribution is -2.14. The van der Waals surface area contributed by atoms with Crippen LogP contribution in [-0.2, 0) is 12.8 Å². The van der Waals surface area contributed by atoms with Gasteiger partial charge in [-0.05, 0) is 61.1 Å². The van der Waals surface area contributed by atoms with Gasteiger partial charge < -0.3 is 5.32 Å². The molecule has 0 aliphatic heterocycles. The van der Waals surface area contributed by atoms with E-state index in [9.17, 15) is 4.79 Å². The predicted octanol–water partition coefficient (Wildman–Crippen LogP) is 4.44. The van der Waals surface area contributed by atoms with Crippen molar-refractivity contribution in [2.45, 2.75) is 26.2 Å². The van der Waals surface area contributed by atoms with Crippen LogP contribution in [0.2, 0.25) is 10.3 Å². The summed E-state index contributed by atoms with van der Waals surface area (Å²) < 4.78 is 0. The SMILES string of the molecule is Cc1cc(Cl)nc(Cl)c1NC(=O)c1ccc2c(c1)CCC2. The van der Waals surface area contributed by atoms with E-state index in [1.54, 1.807) is 6.07 Å². The van der Waals surface area contributed by atoms with Crippen LogP contribution in [0, 0.1) is 6.92 Å². The van der Waals surface area contributed by atoms with Crippen LogP contribution in [0.25, 0.3) is 0 Å². The van der Waals surface area contributed by atoms with Crippen molar-refractivity contribution < 1.29 is 4.79 Å². The molecule has 1 heterocycles. The van der Waals surface area contributed by atoms with Crippen molar-refractivity contribution in [1.82, 2.24) is 4.98 Å². The number of aryl methyl sites for hydroxylation is 3. The van der Waals surface area contributed by atoms with E-state index in [0.29, 0.717) is 16.4 Å². The second-order valence-corrected chi connectivity index (χ2v) is 5.96. The molecule has 0 fully saturated rings. The molecule has 0 bridgehead atoms. The molecule has 0 saturated carbocycles. The maximum atomic E-state index is 12.4. The lowest BCUT2D eigenvalue weighted by Gasteiger charge is -2.11. The van der Waals surface area contributed by atoms with Gasteiger partial charge in [-0.3, -0.25) is 4.79 Å². The standard InChI is InChI=1S/C16H14Cl2N2O/c1-9-7-13(17)19-15(18)14(9)20-16(21)12-6-5-10-3-2-4-11(10)8-12/h5-8H,2-4H2,1H3,(H,20,21). The molecular formula is C16H14Cl2N2O. The second kappa shape index (κ2) is 5.66. The minimum Gasteiger partial charge on any atom is -0.319 e. The van der Waals surface area contributed by atoms with Gasteiger partial charge in [0, 0.05) is 5.56 Å². The zero-order valence-electron chi connectivity index (χ0n) is 11.5. The third-order valence-electron chi connectivity index (χ3n) is 3.74. The number of nitrogens with zero attached hydrogens (tertiary/aromatic N) is 1. The van der Waals surface area contributed by atoms with E-state index in [1.165, 1.54) is 11.1 Å². The number of fused-ring (bicyclic) bond motifs is 1. The summed E-state index contributed by atoms with van der Waals surface area (Å²) in [5.74, 6) is -0.182. The number of rotatable bonds is 2. The van der Waals surface area contributed by atoms with Gasteiger partial charge in [0.25, 0.3) is 5.91 Å². The molecule has 1 amide bonds. The fourth-order valence-electron chi connectivity index (χ4n) is 2.64. The molecule has 0 spiro atoms. The molecule has 0 unspecified atom stereocenters. The summed E-state index contributed by atoms with van der Waals surface area (Å²) in [5, 5.41) is 3.34. The lowest BCUT2D eigenvalue weighted by atomic mass is 10.1. The summed E-state index contributed by atoms with van der Waals surface area (Å²) in [6.45, 7) is 1.83. The number of amides is 1. The first-order valence-corrected chi connectivity index (χ1v) is 7.56. The van der Waals surface area contributed by atoms with E-state index in [1.807, 2.05) is 25.1 Å². The van der Waals surface area contributed by atoms with Crippen molar-refractivity contribution in [2.24, 2.45) is 0 Å². The fourth-order valence-corrected chi connectivity index (χ4v) is 3.22. The van der Waals surface area contributed by atoms with Crippen LogP contribution in [0.3, 0.4) is 0 Å². The Morgan fingerprint density at radius 3 is 2.71 bits per heavy atom. The van der Waals surface area contributed by atoms with E-state index in [0.717, 1.165) is 24.8 Å². The molecular weight excluding hydrogens is 307 g/mol. The molecule has 0 saturated heterocycles. The third kappa shape index (κ3) is 2.89. The zero-order valence-corrected chi connectivity index (χ0v) is 13.1. The Labute approximate surface area is 133 Å². The number of hydrogen-bond donors (Lipinski definition) is 1. The van der Waals surface area contributed by atoms with E-state index < -0.39 is 0 Å². The van der Waals surface area contributed by atoms with Crippen LogP contribution in [0.5, 0.6) is 0 Å². The van der Waals surface area contributed by atoms with Gasteiger partial charge in [0.05, 0.1) is 5.69 Å². The number of anilines is 1. The minimum atomic E-state index is -0.182. The Balaban J connectivity index is 1.87. The summed E-state index contributed by atoms with van der Waals surface area (Å²) in [6.07, 6.45) is 3.30. The number of hydrogen-bond acceptors (Lipinski definition) is 2. The van der Waals surface area contributed by atoms with Crippen molar-refractivity contribution in [3.63, 3.8) is 0 Å². The smallest absolute Gasteiger partial charge is 0.255 e. The first-order valence-electron chi connectivity index (χ1n) is 6.80. The highest BCUT2D eigenvalue weighted by molar-refractivity contribution is 6.35. The van der Waals surface area contributed by atoms with Gasteiger partial charge in [-0.25, -0.2) is 4.98 Å². The number of nitrogens with one attached hydrogen (secondary N) is 1. The summed E-state index contributed by atoms with van der Waals surface area (Å²) in [7, 11) is 0. The molecule has 21 heavy (non-hydrogen) atoms. The summed E-state index contributed by atoms with van der Waals surface area (Å²) in [5.41, 5.74) is 4.54. The van der Waals surface area contributed by atoms with Crippen molar-refractivity contribution in [1.29, 1.82) is 0 Å². The van der Waals surface area contributed by atoms with Gasteiger partial charge in [-0.2, -0.15) is 0 Å². The monoisotopic (exact) mass is 320 g/mol. The molecule has 1 aliphatic carbocycles. The van der Waals surface area contributed by atoms with Gasteiger partial charge >= 0.3 is 0 Å². The molecule has 3 rings (SSSR count). The van der Waals surface area contributed by atoms with Crippen LogP contribution < -0.4 is 5.32 Å². The zero-order chi connectivity index (χ0) is 15.0. The molecule has 108 valence electrons. The van der Waals surface area contributed by atoms with Crippen molar-refractivity contribution in [2.75, 3.05) is 5.32 Å². The van der Waals surface area contributed by atoms with E-state index in [4.69, 9.17) is 23.2 Å². The maximum Gasteiger partial charge on any atom is 0.255 e. The first-order chi connectivity index (χ1) is 10.0. The van der Waals surface area contributed by atoms with E-state index in [2.05, 4.69) is 10.3 Å². The van der Waals surface area contributed by atoms with Gasteiger partial charge in [0.2, 0.25) is 0 Å². The van der Waals surface area contributed by atoms with Gasteiger partial charge in [0.1, 0.15) is 5.15 Å². The first kappa shape index (κ1) is 14.4. The van der Waals surface area contributed by atoms with Crippen LogP contribution in [-0.4, -0.2) is 10.9 Å². The number of aromatic nitrogens is 1. The second-order valence-electron chi connectivity index (χ2n) is 5.22. The molecule has 3 nitrogen and oxygen atoms in total. The summed E-state index contributed by atoms with van der Waals surface area (Å²) in [6, 6.07) is 7.52. The topological polar surface area (TPSA) is 42.0 Å². The van der Waals surface area contributed by atoms with Gasteiger partial charge in [0.15, 0.2) is 5.15 Å². The maximum absolute atomic E-state index is 12.4. The van der Waals surface area contributed by atoms with Crippen molar-refractivity contribution in [3.05, 3.63) is 56.8 Å². The molecule has 1 aromatic heterocycles. The molecule has 2 aromatic rings. The molecule has 0 radical (unpaired) electrons. The van der Waals surface area contributed by atoms with Crippen LogP contribution in [0.15, 0.2) is 24.3 Å². The average Bonchev–Trinajstić information content (AvgIpc) is 2.89. The van der Waals surface area contributed by atoms with Gasteiger partial charge in [-0.15, -0.1) is 0 Å². The number of carbonyl (C=O) groups excluding carboxylic acids is 1. The van der Waals surface area contributed by atoms with E-state index in [-0.39, 0.29) is 11.1 Å². The van der Waals surface area contributed by atoms with E-state index >= 15 is 0 Å². The van der Waals surface area contributed by atoms with Crippen molar-refractivity contribution in [3.8, 4) is 0 Å². The third-order valence-corrected chi connectivity index (χ3v) is 4.21. The molecule has 1 N–H and O–H groups in total. The highest BCUT2D eigenvalue weighted by atomic mass is 35.5. The molecule has 1 aliphatic rings. The van der Waals surface area contributed by atoms with Gasteiger partial charge in [-0.1, -0.05) is 29.3 Å². The minimum absolute atomic E-state index is 0.182. The molecule has 0 atom stereocenters. The highest BCUT2D eigenvalue weighted by Crippen LogP contribution is 2.28. The number of halogens is 2. The number of carbonyl (C=O) groups is 1. The van der Waals surface area contributed by atoms with Crippen LogP contribution in [0.4, 0.5) is 5.69 Å². The predicted molar refractivity (Wildman–Crippen MR) is 85.4 cm³/mol. The Morgan fingerprint density at radius 1 is 1.19 bits per heavy atom. The Bertz CT molecular complexity index is 705. The average molecular weight is 321 g/mol. The van der Waals surface area contributed by atoms with Crippen LogP contribution >= 0.6 is 23.2 Å². The lowest BCUT2D eigenvalue weighted by molar-refractivity contribution is 0.102. The number of pyridine rings is 1. The molecule has 5 heteroatoms. The normalized spacial score (nSPS) is 13.1. The Kier molecular flexibility index (Phi) is 3.87. The highest BCUT2D eigenvalue weighted by Gasteiger charge is 2.16. The Hall–Kier alpha value is -1.58.